The average molecular weight is 159 g/mol. The highest BCUT2D eigenvalue weighted by Crippen LogP contribution is 2.16. The van der Waals surface area contributed by atoms with Crippen LogP contribution in [0.15, 0.2) is 0 Å². The second kappa shape index (κ2) is 3.72. The van der Waals surface area contributed by atoms with Crippen molar-refractivity contribution in [1.29, 1.82) is 0 Å². The Morgan fingerprint density at radius 3 is 2.18 bits per heavy atom. The zero-order valence-corrected chi connectivity index (χ0v) is 7.72. The lowest BCUT2D eigenvalue weighted by Crippen LogP contribution is -2.38. The van der Waals surface area contributed by atoms with Crippen LogP contribution in [0.3, 0.4) is 0 Å². The molecular weight excluding hydrogens is 142 g/mol. The molecule has 0 atom stereocenters. The third-order valence-corrected chi connectivity index (χ3v) is 2.16. The van der Waals surface area contributed by atoms with E-state index in [1.807, 2.05) is 32.8 Å². The Morgan fingerprint density at radius 1 is 1.45 bits per heavy atom. The van der Waals surface area contributed by atoms with Crippen LogP contribution in [-0.4, -0.2) is 35.6 Å². The van der Waals surface area contributed by atoms with Gasteiger partial charge in [0.1, 0.15) is 0 Å². The smallest absolute Gasteiger partial charge is 0.303 e. The van der Waals surface area contributed by atoms with Crippen LogP contribution in [0.2, 0.25) is 0 Å². The first kappa shape index (κ1) is 10.4. The van der Waals surface area contributed by atoms with Gasteiger partial charge in [0.25, 0.3) is 0 Å². The highest BCUT2D eigenvalue weighted by Gasteiger charge is 2.20. The Morgan fingerprint density at radius 2 is 1.91 bits per heavy atom. The SMILES string of the molecule is CN(C)C(C)(C)CCC(=O)O. The summed E-state index contributed by atoms with van der Waals surface area (Å²) in [5.41, 5.74) is -0.0155. The summed E-state index contributed by atoms with van der Waals surface area (Å²) in [6, 6.07) is 0. The summed E-state index contributed by atoms with van der Waals surface area (Å²) < 4.78 is 0. The lowest BCUT2D eigenvalue weighted by molar-refractivity contribution is -0.137. The van der Waals surface area contributed by atoms with Crippen LogP contribution < -0.4 is 0 Å². The van der Waals surface area contributed by atoms with Crippen molar-refractivity contribution in [1.82, 2.24) is 4.90 Å². The van der Waals surface area contributed by atoms with Crippen LogP contribution in [0.25, 0.3) is 0 Å². The number of aliphatic carboxylic acids is 1. The van der Waals surface area contributed by atoms with Gasteiger partial charge in [-0.2, -0.15) is 0 Å². The molecule has 3 heteroatoms. The van der Waals surface area contributed by atoms with Crippen LogP contribution in [0.4, 0.5) is 0 Å². The molecule has 3 nitrogen and oxygen atoms in total. The summed E-state index contributed by atoms with van der Waals surface area (Å²) in [4.78, 5) is 12.3. The number of rotatable bonds is 4. The van der Waals surface area contributed by atoms with Gasteiger partial charge in [0.05, 0.1) is 0 Å². The molecule has 1 N–H and O–H groups in total. The number of carbonyl (C=O) groups is 1. The van der Waals surface area contributed by atoms with E-state index in [-0.39, 0.29) is 12.0 Å². The van der Waals surface area contributed by atoms with Crippen molar-refractivity contribution in [2.24, 2.45) is 0 Å². The minimum atomic E-state index is -0.722. The predicted molar refractivity (Wildman–Crippen MR) is 44.6 cm³/mol. The molecule has 0 heterocycles. The van der Waals surface area contributed by atoms with E-state index < -0.39 is 5.97 Å². The van der Waals surface area contributed by atoms with Gasteiger partial charge in [0, 0.05) is 12.0 Å². The van der Waals surface area contributed by atoms with Crippen LogP contribution in [0, 0.1) is 0 Å². The van der Waals surface area contributed by atoms with Crippen LogP contribution >= 0.6 is 0 Å². The fraction of sp³-hybridized carbons (Fsp3) is 0.875. The molecule has 66 valence electrons. The number of nitrogens with zero attached hydrogens (tertiary/aromatic N) is 1. The zero-order valence-electron chi connectivity index (χ0n) is 7.72. The molecule has 0 aromatic rings. The molecule has 0 fully saturated rings. The summed E-state index contributed by atoms with van der Waals surface area (Å²) in [5, 5.41) is 8.44. The van der Waals surface area contributed by atoms with Crippen molar-refractivity contribution in [3.05, 3.63) is 0 Å². The number of carboxylic acids is 1. The molecule has 0 amide bonds. The molecular formula is C8H17NO2. The van der Waals surface area contributed by atoms with Gasteiger partial charge in [-0.1, -0.05) is 0 Å². The maximum absolute atomic E-state index is 10.3. The van der Waals surface area contributed by atoms with Gasteiger partial charge in [-0.25, -0.2) is 0 Å². The molecule has 0 bridgehead atoms. The molecule has 0 radical (unpaired) electrons. The van der Waals surface area contributed by atoms with Crippen molar-refractivity contribution >= 4 is 5.97 Å². The quantitative estimate of drug-likeness (QED) is 0.670. The van der Waals surface area contributed by atoms with Gasteiger partial charge >= 0.3 is 5.97 Å². The summed E-state index contributed by atoms with van der Waals surface area (Å²) in [5.74, 6) is -0.722. The molecule has 0 aliphatic carbocycles. The lowest BCUT2D eigenvalue weighted by Gasteiger charge is -2.31. The first-order valence-electron chi connectivity index (χ1n) is 3.75. The van der Waals surface area contributed by atoms with E-state index in [9.17, 15) is 4.79 Å². The molecule has 0 aliphatic heterocycles. The molecule has 0 unspecified atom stereocenters. The Balaban J connectivity index is 3.82. The Hall–Kier alpha value is -0.570. The Kier molecular flexibility index (Phi) is 3.52. The normalized spacial score (nSPS) is 12.1. The molecule has 0 aromatic heterocycles. The van der Waals surface area contributed by atoms with Gasteiger partial charge in [-0.15, -0.1) is 0 Å². The van der Waals surface area contributed by atoms with Gasteiger partial charge in [-0.05, 0) is 34.4 Å². The van der Waals surface area contributed by atoms with Gasteiger partial charge in [-0.3, -0.25) is 4.79 Å². The van der Waals surface area contributed by atoms with E-state index in [1.165, 1.54) is 0 Å². The Bertz CT molecular complexity index is 141. The highest BCUT2D eigenvalue weighted by atomic mass is 16.4. The van der Waals surface area contributed by atoms with Gasteiger partial charge in [0.2, 0.25) is 0 Å². The fourth-order valence-electron chi connectivity index (χ4n) is 0.636. The van der Waals surface area contributed by atoms with Crippen molar-refractivity contribution in [2.45, 2.75) is 32.2 Å². The number of hydrogen-bond donors (Lipinski definition) is 1. The molecule has 0 rings (SSSR count). The number of hydrogen-bond acceptors (Lipinski definition) is 2. The van der Waals surface area contributed by atoms with Crippen LogP contribution in [-0.2, 0) is 4.79 Å². The minimum Gasteiger partial charge on any atom is -0.481 e. The molecule has 0 saturated carbocycles. The predicted octanol–water partition coefficient (Wildman–Crippen LogP) is 1.19. The summed E-state index contributed by atoms with van der Waals surface area (Å²) in [6.45, 7) is 4.08. The lowest BCUT2D eigenvalue weighted by atomic mass is 9.97. The standard InChI is InChI=1S/C8H17NO2/c1-8(2,9(3)4)6-5-7(10)11/h5-6H2,1-4H3,(H,10,11). The second-order valence-corrected chi connectivity index (χ2v) is 3.60. The van der Waals surface area contributed by atoms with E-state index in [2.05, 4.69) is 0 Å². The fourth-order valence-corrected chi connectivity index (χ4v) is 0.636. The third-order valence-electron chi connectivity index (χ3n) is 2.16. The second-order valence-electron chi connectivity index (χ2n) is 3.60. The molecule has 11 heavy (non-hydrogen) atoms. The van der Waals surface area contributed by atoms with E-state index >= 15 is 0 Å². The van der Waals surface area contributed by atoms with Crippen molar-refractivity contribution in [2.75, 3.05) is 14.1 Å². The van der Waals surface area contributed by atoms with E-state index in [0.29, 0.717) is 6.42 Å². The molecule has 0 aromatic carbocycles. The summed E-state index contributed by atoms with van der Waals surface area (Å²) >= 11 is 0. The monoisotopic (exact) mass is 159 g/mol. The van der Waals surface area contributed by atoms with Crippen LogP contribution in [0.5, 0.6) is 0 Å². The summed E-state index contributed by atoms with van der Waals surface area (Å²) in [6.07, 6.45) is 0.931. The minimum absolute atomic E-state index is 0.0155. The molecule has 0 aliphatic rings. The number of carboxylic acid groups (broad SMARTS) is 1. The highest BCUT2D eigenvalue weighted by molar-refractivity contribution is 5.66. The average Bonchev–Trinajstić information content (AvgIpc) is 1.84. The first-order valence-corrected chi connectivity index (χ1v) is 3.75. The first-order chi connectivity index (χ1) is 4.86. The van der Waals surface area contributed by atoms with Gasteiger partial charge < -0.3 is 10.0 Å². The van der Waals surface area contributed by atoms with Crippen LogP contribution in [0.1, 0.15) is 26.7 Å². The van der Waals surface area contributed by atoms with Crippen molar-refractivity contribution in [3.8, 4) is 0 Å². The maximum atomic E-state index is 10.3. The van der Waals surface area contributed by atoms with E-state index in [1.54, 1.807) is 0 Å². The van der Waals surface area contributed by atoms with Crippen molar-refractivity contribution < 1.29 is 9.90 Å². The molecule has 0 spiro atoms. The topological polar surface area (TPSA) is 40.5 Å². The largest absolute Gasteiger partial charge is 0.481 e. The summed E-state index contributed by atoms with van der Waals surface area (Å²) in [7, 11) is 3.92. The Labute approximate surface area is 68.0 Å². The third kappa shape index (κ3) is 3.98. The maximum Gasteiger partial charge on any atom is 0.303 e. The van der Waals surface area contributed by atoms with Gasteiger partial charge in [0.15, 0.2) is 0 Å². The van der Waals surface area contributed by atoms with E-state index in [0.717, 1.165) is 0 Å². The van der Waals surface area contributed by atoms with Crippen molar-refractivity contribution in [3.63, 3.8) is 0 Å². The van der Waals surface area contributed by atoms with E-state index in [4.69, 9.17) is 5.11 Å². The zero-order chi connectivity index (χ0) is 9.07. The molecule has 0 saturated heterocycles.